The fourth-order valence-corrected chi connectivity index (χ4v) is 1.83. The summed E-state index contributed by atoms with van der Waals surface area (Å²) in [6.45, 7) is 4.05. The average Bonchev–Trinajstić information content (AvgIpc) is 2.98. The molecule has 1 unspecified atom stereocenters. The molecule has 3 atom stereocenters. The molecule has 2 rings (SSSR count). The molecule has 0 spiro atoms. The summed E-state index contributed by atoms with van der Waals surface area (Å²) >= 11 is 0. The number of aliphatic hydroxyl groups is 1. The van der Waals surface area contributed by atoms with Gasteiger partial charge in [0.25, 0.3) is 0 Å². The zero-order chi connectivity index (χ0) is 9.97. The van der Waals surface area contributed by atoms with E-state index in [1.54, 1.807) is 0 Å². The van der Waals surface area contributed by atoms with Gasteiger partial charge in [-0.05, 0) is 12.0 Å². The van der Waals surface area contributed by atoms with Gasteiger partial charge in [-0.3, -0.25) is 4.90 Å². The van der Waals surface area contributed by atoms with E-state index in [9.17, 15) is 5.11 Å². The molecular weight excluding hydrogens is 174 g/mol. The topological polar surface area (TPSA) is 23.2 Å². The second-order valence-corrected chi connectivity index (χ2v) is 3.96. The number of nitrogens with zero attached hydrogens (tertiary/aromatic N) is 1. The van der Waals surface area contributed by atoms with Crippen LogP contribution in [0.3, 0.4) is 0 Å². The molecule has 0 amide bonds. The first-order valence-electron chi connectivity index (χ1n) is 5.27. The first kappa shape index (κ1) is 9.69. The first-order valence-corrected chi connectivity index (χ1v) is 5.27. The maximum Gasteiger partial charge on any atom is 0.0705 e. The van der Waals surface area contributed by atoms with Crippen LogP contribution in [0.1, 0.15) is 18.9 Å². The van der Waals surface area contributed by atoms with Gasteiger partial charge in [0.2, 0.25) is 0 Å². The molecule has 1 aliphatic heterocycles. The highest BCUT2D eigenvalue weighted by atomic mass is 16.3. The van der Waals surface area contributed by atoms with E-state index < -0.39 is 0 Å². The lowest BCUT2D eigenvalue weighted by atomic mass is 10.2. The molecule has 2 nitrogen and oxygen atoms in total. The highest BCUT2D eigenvalue weighted by Gasteiger charge is 2.38. The maximum atomic E-state index is 9.60. The molecule has 1 aliphatic rings. The third-order valence-electron chi connectivity index (χ3n) is 2.85. The summed E-state index contributed by atoms with van der Waals surface area (Å²) in [4.78, 5) is 2.31. The van der Waals surface area contributed by atoms with E-state index >= 15 is 0 Å². The largest absolute Gasteiger partial charge is 0.391 e. The highest BCUT2D eigenvalue weighted by molar-refractivity contribution is 5.16. The number of hydrogen-bond acceptors (Lipinski definition) is 2. The highest BCUT2D eigenvalue weighted by Crippen LogP contribution is 2.25. The van der Waals surface area contributed by atoms with Crippen molar-refractivity contribution in [1.82, 2.24) is 4.90 Å². The van der Waals surface area contributed by atoms with Crippen molar-refractivity contribution in [2.45, 2.75) is 32.0 Å². The van der Waals surface area contributed by atoms with Crippen LogP contribution in [0, 0.1) is 0 Å². The van der Waals surface area contributed by atoms with Crippen molar-refractivity contribution in [3.8, 4) is 0 Å². The normalized spacial score (nSPS) is 27.3. The molecule has 0 saturated carbocycles. The summed E-state index contributed by atoms with van der Waals surface area (Å²) in [5, 5.41) is 9.60. The minimum absolute atomic E-state index is 0.140. The predicted octanol–water partition coefficient (Wildman–Crippen LogP) is 1.64. The van der Waals surface area contributed by atoms with E-state index in [1.807, 2.05) is 13.0 Å². The summed E-state index contributed by atoms with van der Waals surface area (Å²) in [6.07, 6.45) is 0.717. The molecule has 14 heavy (non-hydrogen) atoms. The Morgan fingerprint density at radius 1 is 1.43 bits per heavy atom. The van der Waals surface area contributed by atoms with Crippen LogP contribution in [0.15, 0.2) is 30.3 Å². The van der Waals surface area contributed by atoms with E-state index in [2.05, 4.69) is 29.2 Å². The molecular formula is C12H17NO. The van der Waals surface area contributed by atoms with Gasteiger partial charge in [0, 0.05) is 19.1 Å². The van der Waals surface area contributed by atoms with Crippen LogP contribution in [-0.4, -0.2) is 28.7 Å². The number of rotatable bonds is 4. The summed E-state index contributed by atoms with van der Waals surface area (Å²) in [7, 11) is 0. The van der Waals surface area contributed by atoms with Crippen molar-refractivity contribution < 1.29 is 5.11 Å². The Balaban J connectivity index is 1.85. The minimum atomic E-state index is -0.140. The quantitative estimate of drug-likeness (QED) is 0.731. The third-order valence-corrected chi connectivity index (χ3v) is 2.85. The van der Waals surface area contributed by atoms with Crippen molar-refractivity contribution in [3.05, 3.63) is 35.9 Å². The Hall–Kier alpha value is -0.860. The van der Waals surface area contributed by atoms with Gasteiger partial charge in [-0.1, -0.05) is 37.3 Å². The van der Waals surface area contributed by atoms with E-state index in [0.717, 1.165) is 19.5 Å². The van der Waals surface area contributed by atoms with Crippen LogP contribution in [-0.2, 0) is 6.54 Å². The van der Waals surface area contributed by atoms with Gasteiger partial charge in [-0.2, -0.15) is 0 Å². The van der Waals surface area contributed by atoms with E-state index in [0.29, 0.717) is 6.04 Å². The third kappa shape index (κ3) is 2.14. The van der Waals surface area contributed by atoms with Gasteiger partial charge < -0.3 is 5.11 Å². The minimum Gasteiger partial charge on any atom is -0.391 e. The average molecular weight is 191 g/mol. The molecule has 0 radical (unpaired) electrons. The fraction of sp³-hybridized carbons (Fsp3) is 0.500. The lowest BCUT2D eigenvalue weighted by Crippen LogP contribution is -2.17. The zero-order valence-electron chi connectivity index (χ0n) is 8.56. The fourth-order valence-electron chi connectivity index (χ4n) is 1.83. The predicted molar refractivity (Wildman–Crippen MR) is 56.9 cm³/mol. The Morgan fingerprint density at radius 3 is 2.79 bits per heavy atom. The lowest BCUT2D eigenvalue weighted by Gasteiger charge is -2.07. The van der Waals surface area contributed by atoms with Gasteiger partial charge in [0.15, 0.2) is 0 Å². The molecule has 1 saturated heterocycles. The van der Waals surface area contributed by atoms with Gasteiger partial charge in [0.1, 0.15) is 0 Å². The van der Waals surface area contributed by atoms with Crippen LogP contribution in [0.25, 0.3) is 0 Å². The van der Waals surface area contributed by atoms with Crippen LogP contribution in [0.4, 0.5) is 0 Å². The molecule has 1 aromatic carbocycles. The van der Waals surface area contributed by atoms with Gasteiger partial charge >= 0.3 is 0 Å². The second-order valence-electron chi connectivity index (χ2n) is 3.96. The van der Waals surface area contributed by atoms with Gasteiger partial charge in [0.05, 0.1) is 6.10 Å². The summed E-state index contributed by atoms with van der Waals surface area (Å²) in [5.74, 6) is 0. The van der Waals surface area contributed by atoms with Crippen molar-refractivity contribution in [1.29, 1.82) is 0 Å². The van der Waals surface area contributed by atoms with E-state index in [-0.39, 0.29) is 6.10 Å². The Kier molecular flexibility index (Phi) is 2.85. The lowest BCUT2D eigenvalue weighted by molar-refractivity contribution is 0.150. The maximum absolute atomic E-state index is 9.60. The van der Waals surface area contributed by atoms with Crippen molar-refractivity contribution in [3.63, 3.8) is 0 Å². The monoisotopic (exact) mass is 191 g/mol. The zero-order valence-corrected chi connectivity index (χ0v) is 8.56. The van der Waals surface area contributed by atoms with Gasteiger partial charge in [-0.15, -0.1) is 0 Å². The molecule has 76 valence electrons. The molecule has 0 aliphatic carbocycles. The summed E-state index contributed by atoms with van der Waals surface area (Å²) in [6, 6.07) is 10.8. The molecule has 1 heterocycles. The van der Waals surface area contributed by atoms with E-state index in [1.165, 1.54) is 5.56 Å². The first-order chi connectivity index (χ1) is 6.81. The standard InChI is InChI=1S/C12H17NO/c1-2-12(14)11-9-13(11)8-10-6-4-3-5-7-10/h3-7,11-12,14H,2,8-9H2,1H3/t11-,12-,13?/m0/s1. The van der Waals surface area contributed by atoms with Crippen molar-refractivity contribution in [2.75, 3.05) is 6.54 Å². The smallest absolute Gasteiger partial charge is 0.0705 e. The Morgan fingerprint density at radius 2 is 2.14 bits per heavy atom. The van der Waals surface area contributed by atoms with E-state index in [4.69, 9.17) is 0 Å². The number of hydrogen-bond donors (Lipinski definition) is 1. The number of benzene rings is 1. The molecule has 2 heteroatoms. The molecule has 1 aromatic rings. The molecule has 0 bridgehead atoms. The summed E-state index contributed by atoms with van der Waals surface area (Å²) in [5.41, 5.74) is 1.33. The van der Waals surface area contributed by atoms with Crippen LogP contribution in [0.2, 0.25) is 0 Å². The molecule has 1 fully saturated rings. The van der Waals surface area contributed by atoms with Crippen LogP contribution < -0.4 is 0 Å². The Labute approximate surface area is 85.2 Å². The second kappa shape index (κ2) is 4.11. The SMILES string of the molecule is CC[C@H](O)[C@@H]1CN1Cc1ccccc1. The molecule has 0 aromatic heterocycles. The number of aliphatic hydroxyl groups excluding tert-OH is 1. The Bertz CT molecular complexity index is 286. The van der Waals surface area contributed by atoms with Crippen LogP contribution >= 0.6 is 0 Å². The van der Waals surface area contributed by atoms with Crippen LogP contribution in [0.5, 0.6) is 0 Å². The summed E-state index contributed by atoms with van der Waals surface area (Å²) < 4.78 is 0. The molecule has 1 N–H and O–H groups in total. The van der Waals surface area contributed by atoms with Crippen molar-refractivity contribution >= 4 is 0 Å². The van der Waals surface area contributed by atoms with Gasteiger partial charge in [-0.25, -0.2) is 0 Å². The van der Waals surface area contributed by atoms with Crippen molar-refractivity contribution in [2.24, 2.45) is 0 Å².